The Morgan fingerprint density at radius 3 is 2.72 bits per heavy atom. The Morgan fingerprint density at radius 1 is 1.07 bits per heavy atom. The SMILES string of the molecule is Cc1nc(NCc2ccc3c(c2)OCO3)ncc1C(=O)NCCc1ccccc1. The van der Waals surface area contributed by atoms with Gasteiger partial charge in [-0.05, 0) is 36.6 Å². The summed E-state index contributed by atoms with van der Waals surface area (Å²) in [6.45, 7) is 3.16. The van der Waals surface area contributed by atoms with Crippen molar-refractivity contribution in [3.05, 3.63) is 77.1 Å². The molecule has 1 aromatic heterocycles. The van der Waals surface area contributed by atoms with E-state index in [4.69, 9.17) is 9.47 Å². The molecule has 3 aromatic rings. The Balaban J connectivity index is 1.31. The normalized spacial score (nSPS) is 11.9. The number of nitrogens with one attached hydrogen (secondary N) is 2. The van der Waals surface area contributed by atoms with Crippen LogP contribution in [0.25, 0.3) is 0 Å². The molecule has 0 radical (unpaired) electrons. The Kier molecular flexibility index (Phi) is 5.56. The zero-order chi connectivity index (χ0) is 20.1. The van der Waals surface area contributed by atoms with Crippen molar-refractivity contribution < 1.29 is 14.3 Å². The lowest BCUT2D eigenvalue weighted by atomic mass is 10.1. The number of ether oxygens (including phenoxy) is 2. The van der Waals surface area contributed by atoms with Crippen LogP contribution in [-0.2, 0) is 13.0 Å². The minimum Gasteiger partial charge on any atom is -0.454 e. The van der Waals surface area contributed by atoms with Gasteiger partial charge in [-0.3, -0.25) is 4.79 Å². The fourth-order valence-electron chi connectivity index (χ4n) is 3.07. The van der Waals surface area contributed by atoms with Crippen molar-refractivity contribution in [1.29, 1.82) is 0 Å². The van der Waals surface area contributed by atoms with Crippen LogP contribution in [0.4, 0.5) is 5.95 Å². The smallest absolute Gasteiger partial charge is 0.254 e. The summed E-state index contributed by atoms with van der Waals surface area (Å²) < 4.78 is 10.7. The topological polar surface area (TPSA) is 85.4 Å². The fraction of sp³-hybridized carbons (Fsp3) is 0.227. The first-order valence-electron chi connectivity index (χ1n) is 9.47. The number of amides is 1. The van der Waals surface area contributed by atoms with E-state index in [1.807, 2.05) is 48.5 Å². The number of hydrogen-bond acceptors (Lipinski definition) is 6. The van der Waals surface area contributed by atoms with Crippen molar-refractivity contribution in [2.24, 2.45) is 0 Å². The highest BCUT2D eigenvalue weighted by molar-refractivity contribution is 5.94. The molecule has 1 aliphatic heterocycles. The number of carbonyl (C=O) groups is 1. The van der Waals surface area contributed by atoms with Crippen molar-refractivity contribution in [3.8, 4) is 11.5 Å². The van der Waals surface area contributed by atoms with E-state index in [1.165, 1.54) is 5.56 Å². The molecule has 4 rings (SSSR count). The standard InChI is InChI=1S/C22H22N4O3/c1-15-18(21(27)23-10-9-16-5-3-2-4-6-16)13-25-22(26-15)24-12-17-7-8-19-20(11-17)29-14-28-19/h2-8,11,13H,9-10,12,14H2,1H3,(H,23,27)(H,24,25,26). The summed E-state index contributed by atoms with van der Waals surface area (Å²) in [5.41, 5.74) is 3.32. The van der Waals surface area contributed by atoms with Gasteiger partial charge in [0.1, 0.15) is 0 Å². The van der Waals surface area contributed by atoms with E-state index in [0.717, 1.165) is 23.5 Å². The summed E-state index contributed by atoms with van der Waals surface area (Å²) >= 11 is 0. The Bertz CT molecular complexity index is 1010. The van der Waals surface area contributed by atoms with Crippen LogP contribution in [0, 0.1) is 6.92 Å². The van der Waals surface area contributed by atoms with Crippen molar-refractivity contribution in [3.63, 3.8) is 0 Å². The van der Waals surface area contributed by atoms with Crippen LogP contribution >= 0.6 is 0 Å². The number of aromatic nitrogens is 2. The molecule has 29 heavy (non-hydrogen) atoms. The predicted molar refractivity (Wildman–Crippen MR) is 109 cm³/mol. The fourth-order valence-corrected chi connectivity index (χ4v) is 3.07. The Labute approximate surface area is 169 Å². The van der Waals surface area contributed by atoms with Gasteiger partial charge >= 0.3 is 0 Å². The molecule has 0 atom stereocenters. The van der Waals surface area contributed by atoms with Crippen LogP contribution in [0.15, 0.2) is 54.7 Å². The lowest BCUT2D eigenvalue weighted by Gasteiger charge is -2.10. The molecule has 2 aromatic carbocycles. The molecule has 0 saturated heterocycles. The zero-order valence-corrected chi connectivity index (χ0v) is 16.1. The third-order valence-electron chi connectivity index (χ3n) is 4.65. The van der Waals surface area contributed by atoms with E-state index >= 15 is 0 Å². The number of carbonyl (C=O) groups excluding carboxylic acids is 1. The average molecular weight is 390 g/mol. The maximum absolute atomic E-state index is 12.4. The number of fused-ring (bicyclic) bond motifs is 1. The molecular formula is C22H22N4O3. The molecule has 0 unspecified atom stereocenters. The van der Waals surface area contributed by atoms with Gasteiger partial charge in [0.25, 0.3) is 5.91 Å². The Hall–Kier alpha value is -3.61. The van der Waals surface area contributed by atoms with E-state index < -0.39 is 0 Å². The third kappa shape index (κ3) is 4.63. The first kappa shape index (κ1) is 18.7. The molecule has 0 bridgehead atoms. The summed E-state index contributed by atoms with van der Waals surface area (Å²) in [6, 6.07) is 15.8. The minimum absolute atomic E-state index is 0.166. The van der Waals surface area contributed by atoms with E-state index in [1.54, 1.807) is 13.1 Å². The molecule has 1 amide bonds. The molecular weight excluding hydrogens is 368 g/mol. The van der Waals surface area contributed by atoms with Gasteiger partial charge in [0, 0.05) is 19.3 Å². The van der Waals surface area contributed by atoms with Crippen molar-refractivity contribution in [1.82, 2.24) is 15.3 Å². The summed E-state index contributed by atoms with van der Waals surface area (Å²) in [4.78, 5) is 21.1. The highest BCUT2D eigenvalue weighted by Crippen LogP contribution is 2.32. The minimum atomic E-state index is -0.166. The number of nitrogens with zero attached hydrogens (tertiary/aromatic N) is 2. The molecule has 148 valence electrons. The van der Waals surface area contributed by atoms with Gasteiger partial charge in [-0.2, -0.15) is 0 Å². The molecule has 0 fully saturated rings. The molecule has 7 nitrogen and oxygen atoms in total. The predicted octanol–water partition coefficient (Wildman–Crippen LogP) is 3.10. The van der Waals surface area contributed by atoms with Crippen molar-refractivity contribution >= 4 is 11.9 Å². The van der Waals surface area contributed by atoms with Crippen molar-refractivity contribution in [2.45, 2.75) is 19.9 Å². The maximum Gasteiger partial charge on any atom is 0.254 e. The molecule has 1 aliphatic rings. The molecule has 2 heterocycles. The van der Waals surface area contributed by atoms with E-state index in [0.29, 0.717) is 30.3 Å². The van der Waals surface area contributed by atoms with Crippen LogP contribution in [0.1, 0.15) is 27.2 Å². The van der Waals surface area contributed by atoms with Gasteiger partial charge in [0.2, 0.25) is 12.7 Å². The van der Waals surface area contributed by atoms with Gasteiger partial charge in [-0.1, -0.05) is 36.4 Å². The van der Waals surface area contributed by atoms with Crippen LogP contribution in [-0.4, -0.2) is 29.2 Å². The number of benzene rings is 2. The zero-order valence-electron chi connectivity index (χ0n) is 16.1. The van der Waals surface area contributed by atoms with Gasteiger partial charge in [0.15, 0.2) is 11.5 Å². The van der Waals surface area contributed by atoms with E-state index in [-0.39, 0.29) is 12.7 Å². The van der Waals surface area contributed by atoms with E-state index in [2.05, 4.69) is 20.6 Å². The lowest BCUT2D eigenvalue weighted by Crippen LogP contribution is -2.27. The number of hydrogen-bond donors (Lipinski definition) is 2. The molecule has 2 N–H and O–H groups in total. The van der Waals surface area contributed by atoms with Crippen LogP contribution in [0.5, 0.6) is 11.5 Å². The van der Waals surface area contributed by atoms with Gasteiger partial charge in [-0.15, -0.1) is 0 Å². The quantitative estimate of drug-likeness (QED) is 0.645. The monoisotopic (exact) mass is 390 g/mol. The van der Waals surface area contributed by atoms with Crippen LogP contribution in [0.2, 0.25) is 0 Å². The van der Waals surface area contributed by atoms with Crippen LogP contribution in [0.3, 0.4) is 0 Å². The molecule has 0 spiro atoms. The second-order valence-corrected chi connectivity index (χ2v) is 6.73. The summed E-state index contributed by atoms with van der Waals surface area (Å²) in [5, 5.41) is 6.10. The summed E-state index contributed by atoms with van der Waals surface area (Å²) in [6.07, 6.45) is 2.34. The number of rotatable bonds is 7. The number of anilines is 1. The van der Waals surface area contributed by atoms with Gasteiger partial charge in [0.05, 0.1) is 11.3 Å². The first-order chi connectivity index (χ1) is 14.2. The first-order valence-corrected chi connectivity index (χ1v) is 9.47. The highest BCUT2D eigenvalue weighted by Gasteiger charge is 2.14. The maximum atomic E-state index is 12.4. The summed E-state index contributed by atoms with van der Waals surface area (Å²) in [7, 11) is 0. The molecule has 7 heteroatoms. The second kappa shape index (κ2) is 8.60. The second-order valence-electron chi connectivity index (χ2n) is 6.73. The summed E-state index contributed by atoms with van der Waals surface area (Å²) in [5.74, 6) is 1.80. The van der Waals surface area contributed by atoms with Gasteiger partial charge in [-0.25, -0.2) is 9.97 Å². The third-order valence-corrected chi connectivity index (χ3v) is 4.65. The average Bonchev–Trinajstić information content (AvgIpc) is 3.21. The molecule has 0 saturated carbocycles. The number of aryl methyl sites for hydroxylation is 1. The lowest BCUT2D eigenvalue weighted by molar-refractivity contribution is 0.0952. The Morgan fingerprint density at radius 2 is 1.90 bits per heavy atom. The van der Waals surface area contributed by atoms with E-state index in [9.17, 15) is 4.79 Å². The largest absolute Gasteiger partial charge is 0.454 e. The highest BCUT2D eigenvalue weighted by atomic mass is 16.7. The van der Waals surface area contributed by atoms with Gasteiger partial charge < -0.3 is 20.1 Å². The molecule has 0 aliphatic carbocycles. The van der Waals surface area contributed by atoms with Crippen LogP contribution < -0.4 is 20.1 Å². The van der Waals surface area contributed by atoms with Crippen molar-refractivity contribution in [2.75, 3.05) is 18.7 Å².